The van der Waals surface area contributed by atoms with Crippen LogP contribution in [0.2, 0.25) is 0 Å². The molecule has 2 heteroatoms. The third-order valence-corrected chi connectivity index (χ3v) is 3.68. The highest BCUT2D eigenvalue weighted by Crippen LogP contribution is 2.06. The molecule has 0 bridgehead atoms. The molecule has 0 aliphatic carbocycles. The van der Waals surface area contributed by atoms with Crippen LogP contribution in [-0.4, -0.2) is 9.78 Å². The molecule has 0 aliphatic heterocycles. The van der Waals surface area contributed by atoms with Gasteiger partial charge in [-0.15, -0.1) is 0 Å². The van der Waals surface area contributed by atoms with Crippen molar-refractivity contribution in [3.05, 3.63) is 89.7 Å². The van der Waals surface area contributed by atoms with Gasteiger partial charge in [0.05, 0.1) is 5.69 Å². The summed E-state index contributed by atoms with van der Waals surface area (Å²) in [5.74, 6) is 0. The Morgan fingerprint density at radius 1 is 0.667 bits per heavy atom. The van der Waals surface area contributed by atoms with Crippen LogP contribution in [0.4, 0.5) is 0 Å². The predicted octanol–water partition coefficient (Wildman–Crippen LogP) is 3.91. The van der Waals surface area contributed by atoms with E-state index in [-0.39, 0.29) is 0 Å². The minimum atomic E-state index is 0.940. The maximum Gasteiger partial charge on any atom is 0.0627 e. The van der Waals surface area contributed by atoms with E-state index in [0.717, 1.165) is 25.8 Å². The second-order valence-electron chi connectivity index (χ2n) is 5.29. The zero-order valence-electron chi connectivity index (χ0n) is 12.2. The van der Waals surface area contributed by atoms with Gasteiger partial charge in [0.2, 0.25) is 0 Å². The van der Waals surface area contributed by atoms with E-state index in [4.69, 9.17) is 0 Å². The summed E-state index contributed by atoms with van der Waals surface area (Å²) in [5, 5.41) is 4.66. The number of aromatic nitrogens is 2. The molecule has 106 valence electrons. The normalized spacial score (nSPS) is 10.7. The standard InChI is InChI=1S/C19H20N2/c1-3-7-17(8-4-1)11-12-19-14-16-21(20-19)15-13-18-9-5-2-6-10-18/h1-10,14,16H,11-13,15H2. The number of aryl methyl sites for hydroxylation is 4. The third-order valence-electron chi connectivity index (χ3n) is 3.68. The average Bonchev–Trinajstić information content (AvgIpc) is 3.01. The SMILES string of the molecule is c1ccc(CCc2ccn(CCc3ccccc3)n2)cc1. The van der Waals surface area contributed by atoms with Gasteiger partial charge in [0, 0.05) is 12.7 Å². The molecule has 2 aromatic carbocycles. The van der Waals surface area contributed by atoms with Crippen LogP contribution in [0.5, 0.6) is 0 Å². The lowest BCUT2D eigenvalue weighted by molar-refractivity contribution is 0.604. The van der Waals surface area contributed by atoms with E-state index in [2.05, 4.69) is 78.0 Å². The van der Waals surface area contributed by atoms with Gasteiger partial charge in [-0.25, -0.2) is 0 Å². The Labute approximate surface area is 126 Å². The van der Waals surface area contributed by atoms with Crippen LogP contribution in [0.3, 0.4) is 0 Å². The van der Waals surface area contributed by atoms with Crippen LogP contribution in [0.25, 0.3) is 0 Å². The van der Waals surface area contributed by atoms with Gasteiger partial charge in [-0.3, -0.25) is 4.68 Å². The van der Waals surface area contributed by atoms with E-state index in [0.29, 0.717) is 0 Å². The molecule has 0 saturated carbocycles. The quantitative estimate of drug-likeness (QED) is 0.667. The summed E-state index contributed by atoms with van der Waals surface area (Å²) in [6.07, 6.45) is 5.17. The minimum Gasteiger partial charge on any atom is -0.272 e. The maximum atomic E-state index is 4.66. The lowest BCUT2D eigenvalue weighted by Crippen LogP contribution is -2.03. The molecule has 0 fully saturated rings. The third kappa shape index (κ3) is 4.06. The molecule has 0 atom stereocenters. The van der Waals surface area contributed by atoms with Crippen molar-refractivity contribution in [2.24, 2.45) is 0 Å². The van der Waals surface area contributed by atoms with Crippen LogP contribution in [0.1, 0.15) is 16.8 Å². The van der Waals surface area contributed by atoms with Crippen molar-refractivity contribution in [1.82, 2.24) is 9.78 Å². The van der Waals surface area contributed by atoms with Gasteiger partial charge in [0.1, 0.15) is 0 Å². The first-order chi connectivity index (χ1) is 10.4. The molecule has 0 spiro atoms. The van der Waals surface area contributed by atoms with Gasteiger partial charge in [-0.2, -0.15) is 5.10 Å². The maximum absolute atomic E-state index is 4.66. The number of hydrogen-bond donors (Lipinski definition) is 0. The fourth-order valence-corrected chi connectivity index (χ4v) is 2.47. The van der Waals surface area contributed by atoms with Crippen LogP contribution in [0, 0.1) is 0 Å². The number of hydrogen-bond acceptors (Lipinski definition) is 1. The van der Waals surface area contributed by atoms with Crippen LogP contribution < -0.4 is 0 Å². The van der Waals surface area contributed by atoms with Gasteiger partial charge in [-0.1, -0.05) is 60.7 Å². The van der Waals surface area contributed by atoms with Gasteiger partial charge >= 0.3 is 0 Å². The predicted molar refractivity (Wildman–Crippen MR) is 86.2 cm³/mol. The van der Waals surface area contributed by atoms with Crippen molar-refractivity contribution in [3.63, 3.8) is 0 Å². The van der Waals surface area contributed by atoms with Crippen molar-refractivity contribution in [2.75, 3.05) is 0 Å². The lowest BCUT2D eigenvalue weighted by Gasteiger charge is -2.02. The molecule has 3 rings (SSSR count). The summed E-state index contributed by atoms with van der Waals surface area (Å²) in [7, 11) is 0. The molecule has 1 heterocycles. The van der Waals surface area contributed by atoms with Crippen LogP contribution in [0.15, 0.2) is 72.9 Å². The van der Waals surface area contributed by atoms with E-state index in [1.165, 1.54) is 16.8 Å². The smallest absolute Gasteiger partial charge is 0.0627 e. The summed E-state index contributed by atoms with van der Waals surface area (Å²) in [6, 6.07) is 23.3. The van der Waals surface area contributed by atoms with Crippen LogP contribution in [-0.2, 0) is 25.8 Å². The molecule has 0 unspecified atom stereocenters. The Balaban J connectivity index is 1.52. The zero-order chi connectivity index (χ0) is 14.3. The summed E-state index contributed by atoms with van der Waals surface area (Å²) >= 11 is 0. The summed E-state index contributed by atoms with van der Waals surface area (Å²) < 4.78 is 2.05. The van der Waals surface area contributed by atoms with Crippen molar-refractivity contribution < 1.29 is 0 Å². The second kappa shape index (κ2) is 6.89. The van der Waals surface area contributed by atoms with Crippen molar-refractivity contribution >= 4 is 0 Å². The molecule has 0 amide bonds. The highest BCUT2D eigenvalue weighted by atomic mass is 15.3. The number of benzene rings is 2. The van der Waals surface area contributed by atoms with Gasteiger partial charge in [0.15, 0.2) is 0 Å². The minimum absolute atomic E-state index is 0.940. The fraction of sp³-hybridized carbons (Fsp3) is 0.211. The lowest BCUT2D eigenvalue weighted by atomic mass is 10.1. The van der Waals surface area contributed by atoms with Crippen molar-refractivity contribution in [3.8, 4) is 0 Å². The monoisotopic (exact) mass is 276 g/mol. The Kier molecular flexibility index (Phi) is 4.47. The van der Waals surface area contributed by atoms with Gasteiger partial charge in [-0.05, 0) is 36.5 Å². The molecule has 21 heavy (non-hydrogen) atoms. The van der Waals surface area contributed by atoms with E-state index in [9.17, 15) is 0 Å². The molecule has 2 nitrogen and oxygen atoms in total. The largest absolute Gasteiger partial charge is 0.272 e. The van der Waals surface area contributed by atoms with E-state index in [1.54, 1.807) is 0 Å². The van der Waals surface area contributed by atoms with Crippen LogP contribution >= 0.6 is 0 Å². The summed E-state index contributed by atoms with van der Waals surface area (Å²) in [6.45, 7) is 0.940. The van der Waals surface area contributed by atoms with E-state index >= 15 is 0 Å². The first-order valence-corrected chi connectivity index (χ1v) is 7.50. The van der Waals surface area contributed by atoms with Gasteiger partial charge < -0.3 is 0 Å². The Morgan fingerprint density at radius 3 is 1.95 bits per heavy atom. The summed E-state index contributed by atoms with van der Waals surface area (Å²) in [4.78, 5) is 0. The van der Waals surface area contributed by atoms with Crippen molar-refractivity contribution in [1.29, 1.82) is 0 Å². The Morgan fingerprint density at radius 2 is 1.29 bits per heavy atom. The summed E-state index contributed by atoms with van der Waals surface area (Å²) in [5.41, 5.74) is 3.90. The highest BCUT2D eigenvalue weighted by molar-refractivity contribution is 5.17. The Bertz CT molecular complexity index is 598. The Hall–Kier alpha value is -2.35. The van der Waals surface area contributed by atoms with E-state index in [1.807, 2.05) is 4.68 Å². The first-order valence-electron chi connectivity index (χ1n) is 7.50. The fourth-order valence-electron chi connectivity index (χ4n) is 2.47. The zero-order valence-corrected chi connectivity index (χ0v) is 12.2. The number of rotatable bonds is 6. The van der Waals surface area contributed by atoms with E-state index < -0.39 is 0 Å². The second-order valence-corrected chi connectivity index (χ2v) is 5.29. The molecule has 0 saturated heterocycles. The molecular formula is C19H20N2. The van der Waals surface area contributed by atoms with Gasteiger partial charge in [0.25, 0.3) is 0 Å². The molecule has 3 aromatic rings. The molecule has 0 radical (unpaired) electrons. The highest BCUT2D eigenvalue weighted by Gasteiger charge is 2.01. The first kappa shape index (κ1) is 13.6. The topological polar surface area (TPSA) is 17.8 Å². The van der Waals surface area contributed by atoms with Crippen molar-refractivity contribution in [2.45, 2.75) is 25.8 Å². The average molecular weight is 276 g/mol. The molecular weight excluding hydrogens is 256 g/mol. The molecule has 1 aromatic heterocycles. The molecule has 0 N–H and O–H groups in total. The molecule has 0 aliphatic rings. The number of nitrogens with zero attached hydrogens (tertiary/aromatic N) is 2.